The number of thioether (sulfide) groups is 1. The second-order valence-electron chi connectivity index (χ2n) is 5.18. The van der Waals surface area contributed by atoms with E-state index < -0.39 is 0 Å². The number of anilines is 1. The third-order valence-corrected chi connectivity index (χ3v) is 4.71. The van der Waals surface area contributed by atoms with Crippen molar-refractivity contribution in [3.8, 4) is 0 Å². The van der Waals surface area contributed by atoms with E-state index in [2.05, 4.69) is 15.1 Å². The standard InChI is InChI=1S/C16H17N5OS/c1-11(16(22)20(2)12-7-5-4-6-8-12)23-15-13-9-19-21(3)14(13)17-10-18-15/h4-11H,1-3H3. The number of para-hydroxylation sites is 1. The molecule has 3 rings (SSSR count). The van der Waals surface area contributed by atoms with Gasteiger partial charge in [-0.25, -0.2) is 9.97 Å². The number of fused-ring (bicyclic) bond motifs is 1. The summed E-state index contributed by atoms with van der Waals surface area (Å²) in [4.78, 5) is 22.8. The van der Waals surface area contributed by atoms with Crippen LogP contribution in [0.2, 0.25) is 0 Å². The van der Waals surface area contributed by atoms with E-state index in [1.807, 2.05) is 44.3 Å². The summed E-state index contributed by atoms with van der Waals surface area (Å²) in [5.41, 5.74) is 1.64. The Morgan fingerprint density at radius 2 is 2.00 bits per heavy atom. The molecule has 0 N–H and O–H groups in total. The molecule has 0 aliphatic carbocycles. The van der Waals surface area contributed by atoms with E-state index in [1.165, 1.54) is 18.1 Å². The number of hydrogen-bond acceptors (Lipinski definition) is 5. The fourth-order valence-electron chi connectivity index (χ4n) is 2.30. The van der Waals surface area contributed by atoms with E-state index in [1.54, 1.807) is 22.8 Å². The van der Waals surface area contributed by atoms with Crippen LogP contribution in [-0.4, -0.2) is 38.0 Å². The number of amides is 1. The van der Waals surface area contributed by atoms with Gasteiger partial charge in [-0.1, -0.05) is 30.0 Å². The first-order valence-corrected chi connectivity index (χ1v) is 8.08. The van der Waals surface area contributed by atoms with E-state index in [0.29, 0.717) is 0 Å². The van der Waals surface area contributed by atoms with Gasteiger partial charge in [0.15, 0.2) is 5.65 Å². The number of benzene rings is 1. The van der Waals surface area contributed by atoms with Crippen LogP contribution in [0.5, 0.6) is 0 Å². The topological polar surface area (TPSA) is 63.9 Å². The van der Waals surface area contributed by atoms with Gasteiger partial charge in [-0.15, -0.1) is 0 Å². The van der Waals surface area contributed by atoms with Crippen LogP contribution in [-0.2, 0) is 11.8 Å². The van der Waals surface area contributed by atoms with Gasteiger partial charge in [0.1, 0.15) is 11.4 Å². The van der Waals surface area contributed by atoms with Gasteiger partial charge in [0.25, 0.3) is 0 Å². The van der Waals surface area contributed by atoms with Crippen LogP contribution in [0.4, 0.5) is 5.69 Å². The fourth-order valence-corrected chi connectivity index (χ4v) is 3.28. The van der Waals surface area contributed by atoms with E-state index >= 15 is 0 Å². The van der Waals surface area contributed by atoms with Crippen LogP contribution in [0.25, 0.3) is 11.0 Å². The first kappa shape index (κ1) is 15.5. The Labute approximate surface area is 138 Å². The van der Waals surface area contributed by atoms with Crippen LogP contribution in [0.3, 0.4) is 0 Å². The van der Waals surface area contributed by atoms with Crippen molar-refractivity contribution in [2.45, 2.75) is 17.2 Å². The Morgan fingerprint density at radius 3 is 2.74 bits per heavy atom. The number of carbonyl (C=O) groups excluding carboxylic acids is 1. The summed E-state index contributed by atoms with van der Waals surface area (Å²) in [6.45, 7) is 1.89. The minimum Gasteiger partial charge on any atom is -0.315 e. The molecule has 0 bridgehead atoms. The normalized spacial score (nSPS) is 12.3. The molecule has 1 unspecified atom stereocenters. The van der Waals surface area contributed by atoms with Crippen molar-refractivity contribution in [2.75, 3.05) is 11.9 Å². The van der Waals surface area contributed by atoms with Crippen molar-refractivity contribution in [3.63, 3.8) is 0 Å². The quantitative estimate of drug-likeness (QED) is 0.544. The zero-order valence-corrected chi connectivity index (χ0v) is 14.0. The molecule has 0 aliphatic heterocycles. The summed E-state index contributed by atoms with van der Waals surface area (Å²) in [5.74, 6) is 0.0249. The predicted molar refractivity (Wildman–Crippen MR) is 91.5 cm³/mol. The van der Waals surface area contributed by atoms with Crippen molar-refractivity contribution in [2.24, 2.45) is 7.05 Å². The predicted octanol–water partition coefficient (Wildman–Crippen LogP) is 2.51. The number of aryl methyl sites for hydroxylation is 1. The summed E-state index contributed by atoms with van der Waals surface area (Å²) in [5, 5.41) is 5.56. The lowest BCUT2D eigenvalue weighted by atomic mass is 10.3. The van der Waals surface area contributed by atoms with Crippen LogP contribution in [0.1, 0.15) is 6.92 Å². The maximum absolute atomic E-state index is 12.6. The second kappa shape index (κ2) is 6.37. The van der Waals surface area contributed by atoms with E-state index in [0.717, 1.165) is 21.7 Å². The van der Waals surface area contributed by atoms with Gasteiger partial charge in [0.2, 0.25) is 5.91 Å². The first-order valence-electron chi connectivity index (χ1n) is 7.20. The Balaban J connectivity index is 1.80. The van der Waals surface area contributed by atoms with Crippen LogP contribution in [0, 0.1) is 0 Å². The Kier molecular flexibility index (Phi) is 4.29. The smallest absolute Gasteiger partial charge is 0.239 e. The molecule has 0 spiro atoms. The van der Waals surface area contributed by atoms with Crippen molar-refractivity contribution in [3.05, 3.63) is 42.9 Å². The van der Waals surface area contributed by atoms with Gasteiger partial charge in [-0.2, -0.15) is 5.10 Å². The van der Waals surface area contributed by atoms with Gasteiger partial charge in [0.05, 0.1) is 16.8 Å². The molecule has 1 atom stereocenters. The molecular weight excluding hydrogens is 310 g/mol. The largest absolute Gasteiger partial charge is 0.315 e. The SMILES string of the molecule is CC(Sc1ncnc2c1cnn2C)C(=O)N(C)c1ccccc1. The van der Waals surface area contributed by atoms with E-state index in [9.17, 15) is 4.79 Å². The lowest BCUT2D eigenvalue weighted by Gasteiger charge is -2.21. The molecule has 1 aromatic carbocycles. The highest BCUT2D eigenvalue weighted by Gasteiger charge is 2.21. The number of nitrogens with zero attached hydrogens (tertiary/aromatic N) is 5. The molecule has 0 aliphatic rings. The Hall–Kier alpha value is -2.41. The summed E-state index contributed by atoms with van der Waals surface area (Å²) < 4.78 is 1.70. The molecule has 1 amide bonds. The van der Waals surface area contributed by atoms with Crippen molar-refractivity contribution >= 4 is 34.4 Å². The van der Waals surface area contributed by atoms with Crippen LogP contribution in [0.15, 0.2) is 47.9 Å². The lowest BCUT2D eigenvalue weighted by Crippen LogP contribution is -2.33. The summed E-state index contributed by atoms with van der Waals surface area (Å²) >= 11 is 1.42. The average molecular weight is 327 g/mol. The molecule has 0 fully saturated rings. The molecule has 3 aromatic rings. The Morgan fingerprint density at radius 1 is 1.26 bits per heavy atom. The van der Waals surface area contributed by atoms with Gasteiger partial charge >= 0.3 is 0 Å². The number of hydrogen-bond donors (Lipinski definition) is 0. The van der Waals surface area contributed by atoms with E-state index in [4.69, 9.17) is 0 Å². The number of rotatable bonds is 4. The third-order valence-electron chi connectivity index (χ3n) is 3.60. The molecule has 23 heavy (non-hydrogen) atoms. The summed E-state index contributed by atoms with van der Waals surface area (Å²) in [6, 6.07) is 9.60. The molecule has 2 heterocycles. The van der Waals surface area contributed by atoms with Crippen molar-refractivity contribution in [1.82, 2.24) is 19.7 Å². The highest BCUT2D eigenvalue weighted by molar-refractivity contribution is 8.00. The second-order valence-corrected chi connectivity index (χ2v) is 6.51. The molecule has 0 radical (unpaired) electrons. The fraction of sp³-hybridized carbons (Fsp3) is 0.250. The lowest BCUT2D eigenvalue weighted by molar-refractivity contribution is -0.117. The molecule has 118 valence electrons. The van der Waals surface area contributed by atoms with Crippen molar-refractivity contribution < 1.29 is 4.79 Å². The molecule has 2 aromatic heterocycles. The van der Waals surface area contributed by atoms with E-state index in [-0.39, 0.29) is 11.2 Å². The van der Waals surface area contributed by atoms with Crippen LogP contribution >= 0.6 is 11.8 Å². The molecule has 7 heteroatoms. The average Bonchev–Trinajstić information content (AvgIpc) is 2.97. The third kappa shape index (κ3) is 3.05. The molecule has 0 saturated heterocycles. The van der Waals surface area contributed by atoms with Crippen LogP contribution < -0.4 is 4.90 Å². The number of aromatic nitrogens is 4. The van der Waals surface area contributed by atoms with Gasteiger partial charge in [-0.3, -0.25) is 9.48 Å². The maximum atomic E-state index is 12.6. The zero-order chi connectivity index (χ0) is 16.4. The number of carbonyl (C=O) groups is 1. The first-order chi connectivity index (χ1) is 11.1. The van der Waals surface area contributed by atoms with Gasteiger partial charge < -0.3 is 4.90 Å². The minimum atomic E-state index is -0.265. The molecule has 6 nitrogen and oxygen atoms in total. The molecular formula is C16H17N5OS. The minimum absolute atomic E-state index is 0.0249. The van der Waals surface area contributed by atoms with Crippen molar-refractivity contribution in [1.29, 1.82) is 0 Å². The van der Waals surface area contributed by atoms with Gasteiger partial charge in [-0.05, 0) is 19.1 Å². The summed E-state index contributed by atoms with van der Waals surface area (Å²) in [6.07, 6.45) is 3.24. The van der Waals surface area contributed by atoms with Gasteiger partial charge in [0, 0.05) is 19.8 Å². The highest BCUT2D eigenvalue weighted by atomic mass is 32.2. The zero-order valence-electron chi connectivity index (χ0n) is 13.2. The Bertz CT molecular complexity index is 833. The monoisotopic (exact) mass is 327 g/mol. The highest BCUT2D eigenvalue weighted by Crippen LogP contribution is 2.29. The molecule has 0 saturated carbocycles. The maximum Gasteiger partial charge on any atom is 0.239 e. The summed E-state index contributed by atoms with van der Waals surface area (Å²) in [7, 11) is 3.62.